The summed E-state index contributed by atoms with van der Waals surface area (Å²) in [6, 6.07) is 17.2. The molecule has 1 N–H and O–H groups in total. The van der Waals surface area contributed by atoms with E-state index in [0.29, 0.717) is 17.0 Å². The molecule has 0 atom stereocenters. The van der Waals surface area contributed by atoms with Crippen molar-refractivity contribution >= 4 is 11.6 Å². The van der Waals surface area contributed by atoms with Crippen molar-refractivity contribution in [3.8, 4) is 16.9 Å². The van der Waals surface area contributed by atoms with E-state index in [9.17, 15) is 4.79 Å². The lowest BCUT2D eigenvalue weighted by Crippen LogP contribution is -2.12. The second-order valence-electron chi connectivity index (χ2n) is 5.51. The average molecular weight is 318 g/mol. The first kappa shape index (κ1) is 15.7. The number of amides is 1. The van der Waals surface area contributed by atoms with E-state index < -0.39 is 0 Å². The van der Waals surface area contributed by atoms with E-state index in [2.05, 4.69) is 10.3 Å². The average Bonchev–Trinajstić information content (AvgIpc) is 2.62. The zero-order valence-electron chi connectivity index (χ0n) is 13.6. The number of benzene rings is 2. The third-order valence-electron chi connectivity index (χ3n) is 3.71. The highest BCUT2D eigenvalue weighted by molar-refractivity contribution is 6.04. The van der Waals surface area contributed by atoms with Crippen molar-refractivity contribution in [3.63, 3.8) is 0 Å². The van der Waals surface area contributed by atoms with Crippen LogP contribution in [0.1, 0.15) is 15.9 Å². The quantitative estimate of drug-likeness (QED) is 0.779. The third-order valence-corrected chi connectivity index (χ3v) is 3.71. The number of hydrogen-bond acceptors (Lipinski definition) is 3. The molecule has 4 heteroatoms. The zero-order chi connectivity index (χ0) is 16.9. The van der Waals surface area contributed by atoms with E-state index >= 15 is 0 Å². The summed E-state index contributed by atoms with van der Waals surface area (Å²) in [7, 11) is 1.59. The summed E-state index contributed by atoms with van der Waals surface area (Å²) in [6.07, 6.45) is 3.32. The molecular weight excluding hydrogens is 300 g/mol. The van der Waals surface area contributed by atoms with E-state index in [1.807, 2.05) is 55.5 Å². The highest BCUT2D eigenvalue weighted by atomic mass is 16.5. The lowest BCUT2D eigenvalue weighted by atomic mass is 10.0. The van der Waals surface area contributed by atoms with Gasteiger partial charge in [0.2, 0.25) is 0 Å². The van der Waals surface area contributed by atoms with Gasteiger partial charge in [-0.2, -0.15) is 0 Å². The summed E-state index contributed by atoms with van der Waals surface area (Å²) in [5.74, 6) is 0.490. The van der Waals surface area contributed by atoms with Crippen molar-refractivity contribution in [2.45, 2.75) is 6.92 Å². The molecule has 0 unspecified atom stereocenters. The number of aryl methyl sites for hydroxylation is 1. The van der Waals surface area contributed by atoms with Crippen LogP contribution in [0.25, 0.3) is 11.1 Å². The minimum atomic E-state index is -0.204. The molecule has 4 nitrogen and oxygen atoms in total. The Bertz CT molecular complexity index is 858. The Morgan fingerprint density at radius 1 is 1.00 bits per heavy atom. The van der Waals surface area contributed by atoms with Crippen LogP contribution in [0.2, 0.25) is 0 Å². The van der Waals surface area contributed by atoms with Crippen molar-refractivity contribution in [1.29, 1.82) is 0 Å². The third kappa shape index (κ3) is 3.60. The topological polar surface area (TPSA) is 51.2 Å². The second kappa shape index (κ2) is 6.96. The number of anilines is 1. The summed E-state index contributed by atoms with van der Waals surface area (Å²) in [5.41, 5.74) is 4.33. The number of pyridine rings is 1. The molecule has 24 heavy (non-hydrogen) atoms. The predicted octanol–water partition coefficient (Wildman–Crippen LogP) is 4.32. The summed E-state index contributed by atoms with van der Waals surface area (Å²) >= 11 is 0. The van der Waals surface area contributed by atoms with Crippen molar-refractivity contribution in [3.05, 3.63) is 78.1 Å². The molecule has 0 bridgehead atoms. The number of carbonyl (C=O) groups is 1. The van der Waals surface area contributed by atoms with Crippen LogP contribution in [-0.4, -0.2) is 18.0 Å². The van der Waals surface area contributed by atoms with Crippen molar-refractivity contribution in [2.24, 2.45) is 0 Å². The molecule has 0 aliphatic carbocycles. The molecule has 0 radical (unpaired) electrons. The van der Waals surface area contributed by atoms with E-state index in [1.165, 1.54) is 5.56 Å². The minimum Gasteiger partial charge on any atom is -0.497 e. The molecule has 1 amide bonds. The molecule has 120 valence electrons. The molecule has 3 aromatic rings. The smallest absolute Gasteiger partial charge is 0.257 e. The number of methoxy groups -OCH3 is 1. The molecule has 0 aliphatic rings. The zero-order valence-corrected chi connectivity index (χ0v) is 13.6. The van der Waals surface area contributed by atoms with Gasteiger partial charge in [-0.25, -0.2) is 0 Å². The van der Waals surface area contributed by atoms with Crippen molar-refractivity contribution in [2.75, 3.05) is 12.4 Å². The van der Waals surface area contributed by atoms with E-state index in [-0.39, 0.29) is 5.91 Å². The number of aromatic nitrogens is 1. The molecule has 0 saturated heterocycles. The fourth-order valence-corrected chi connectivity index (χ4v) is 2.37. The molecule has 0 fully saturated rings. The Morgan fingerprint density at radius 3 is 2.54 bits per heavy atom. The lowest BCUT2D eigenvalue weighted by Gasteiger charge is -2.08. The Balaban J connectivity index is 1.82. The van der Waals surface area contributed by atoms with Gasteiger partial charge in [-0.1, -0.05) is 35.9 Å². The van der Waals surface area contributed by atoms with Crippen LogP contribution in [0.3, 0.4) is 0 Å². The highest BCUT2D eigenvalue weighted by Crippen LogP contribution is 2.21. The van der Waals surface area contributed by atoms with Gasteiger partial charge in [0, 0.05) is 29.7 Å². The minimum absolute atomic E-state index is 0.204. The predicted molar refractivity (Wildman–Crippen MR) is 95.4 cm³/mol. The standard InChI is InChI=1S/C20H18N2O2/c1-14-6-8-15(9-7-14)16-10-17(13-21-12-16)20(23)22-18-4-3-5-19(11-18)24-2/h3-13H,1-2H3,(H,22,23). The van der Waals surface area contributed by atoms with Gasteiger partial charge >= 0.3 is 0 Å². The SMILES string of the molecule is COc1cccc(NC(=O)c2cncc(-c3ccc(C)cc3)c2)c1. The fourth-order valence-electron chi connectivity index (χ4n) is 2.37. The first-order valence-corrected chi connectivity index (χ1v) is 7.63. The Morgan fingerprint density at radius 2 is 1.79 bits per heavy atom. The molecule has 1 aromatic heterocycles. The van der Waals surface area contributed by atoms with E-state index in [1.54, 1.807) is 25.6 Å². The van der Waals surface area contributed by atoms with Crippen LogP contribution in [0.15, 0.2) is 67.0 Å². The maximum atomic E-state index is 12.5. The Hall–Kier alpha value is -3.14. The van der Waals surface area contributed by atoms with E-state index in [4.69, 9.17) is 4.74 Å². The van der Waals surface area contributed by atoms with Crippen LogP contribution >= 0.6 is 0 Å². The van der Waals surface area contributed by atoms with Crippen LogP contribution < -0.4 is 10.1 Å². The number of rotatable bonds is 4. The largest absolute Gasteiger partial charge is 0.497 e. The number of carbonyl (C=O) groups excluding carboxylic acids is 1. The summed E-state index contributed by atoms with van der Waals surface area (Å²) < 4.78 is 5.17. The highest BCUT2D eigenvalue weighted by Gasteiger charge is 2.09. The van der Waals surface area contributed by atoms with Gasteiger partial charge in [0.05, 0.1) is 12.7 Å². The molecule has 2 aromatic carbocycles. The van der Waals surface area contributed by atoms with Crippen LogP contribution in [0, 0.1) is 6.92 Å². The van der Waals surface area contributed by atoms with Gasteiger partial charge in [0.25, 0.3) is 5.91 Å². The van der Waals surface area contributed by atoms with Gasteiger partial charge in [0.15, 0.2) is 0 Å². The van der Waals surface area contributed by atoms with Gasteiger partial charge in [-0.05, 0) is 30.7 Å². The summed E-state index contributed by atoms with van der Waals surface area (Å²) in [6.45, 7) is 2.04. The molecule has 0 saturated carbocycles. The van der Waals surface area contributed by atoms with E-state index in [0.717, 1.165) is 11.1 Å². The van der Waals surface area contributed by atoms with Gasteiger partial charge in [-0.15, -0.1) is 0 Å². The van der Waals surface area contributed by atoms with Crippen LogP contribution in [0.5, 0.6) is 5.75 Å². The Labute approximate surface area is 141 Å². The van der Waals surface area contributed by atoms with Gasteiger partial charge in [0.1, 0.15) is 5.75 Å². The molecule has 3 rings (SSSR count). The van der Waals surface area contributed by atoms with Crippen molar-refractivity contribution < 1.29 is 9.53 Å². The number of ether oxygens (including phenoxy) is 1. The second-order valence-corrected chi connectivity index (χ2v) is 5.51. The van der Waals surface area contributed by atoms with Gasteiger partial charge < -0.3 is 10.1 Å². The molecule has 0 aliphatic heterocycles. The maximum absolute atomic E-state index is 12.5. The lowest BCUT2D eigenvalue weighted by molar-refractivity contribution is 0.102. The number of nitrogens with zero attached hydrogens (tertiary/aromatic N) is 1. The van der Waals surface area contributed by atoms with Crippen molar-refractivity contribution in [1.82, 2.24) is 4.98 Å². The first-order chi connectivity index (χ1) is 11.7. The maximum Gasteiger partial charge on any atom is 0.257 e. The number of hydrogen-bond donors (Lipinski definition) is 1. The Kier molecular flexibility index (Phi) is 4.57. The van der Waals surface area contributed by atoms with Crippen LogP contribution in [0.4, 0.5) is 5.69 Å². The summed E-state index contributed by atoms with van der Waals surface area (Å²) in [4.78, 5) is 16.7. The first-order valence-electron chi connectivity index (χ1n) is 7.63. The summed E-state index contributed by atoms with van der Waals surface area (Å²) in [5, 5.41) is 2.86. The molecule has 0 spiro atoms. The number of nitrogens with one attached hydrogen (secondary N) is 1. The molecule has 1 heterocycles. The monoisotopic (exact) mass is 318 g/mol. The fraction of sp³-hybridized carbons (Fsp3) is 0.100. The molecular formula is C20H18N2O2. The van der Waals surface area contributed by atoms with Crippen LogP contribution in [-0.2, 0) is 0 Å². The van der Waals surface area contributed by atoms with Gasteiger partial charge in [-0.3, -0.25) is 9.78 Å². The normalized spacial score (nSPS) is 10.2.